The van der Waals surface area contributed by atoms with Gasteiger partial charge < -0.3 is 10.2 Å². The van der Waals surface area contributed by atoms with Gasteiger partial charge in [0.15, 0.2) is 5.79 Å². The van der Waals surface area contributed by atoms with Crippen molar-refractivity contribution in [2.75, 3.05) is 6.61 Å². The number of halogens is 1. The molecule has 6 nitrogen and oxygen atoms in total. The van der Waals surface area contributed by atoms with E-state index in [2.05, 4.69) is 9.32 Å². The first-order chi connectivity index (χ1) is 10.7. The van der Waals surface area contributed by atoms with Crippen molar-refractivity contribution < 1.29 is 27.2 Å². The highest BCUT2D eigenvalue weighted by Gasteiger charge is 2.24. The van der Waals surface area contributed by atoms with E-state index in [1.807, 2.05) is 0 Å². The summed E-state index contributed by atoms with van der Waals surface area (Å²) < 4.78 is 38.2. The highest BCUT2D eigenvalue weighted by atomic mass is 32.2. The molecule has 8 heteroatoms. The fourth-order valence-electron chi connectivity index (χ4n) is 2.26. The molecule has 1 aromatic rings. The van der Waals surface area contributed by atoms with Gasteiger partial charge in [0.25, 0.3) is 0 Å². The lowest BCUT2D eigenvalue weighted by atomic mass is 9.95. The maximum atomic E-state index is 13.1. The molecular weight excluding hydrogens is 325 g/mol. The van der Waals surface area contributed by atoms with Gasteiger partial charge in [0, 0.05) is 12.8 Å². The Morgan fingerprint density at radius 1 is 1.17 bits per heavy atom. The summed E-state index contributed by atoms with van der Waals surface area (Å²) in [6, 6.07) is 6.32. The fourth-order valence-corrected chi connectivity index (χ4v) is 2.61. The Labute approximate surface area is 136 Å². The van der Waals surface area contributed by atoms with E-state index in [0.717, 1.165) is 19.3 Å². The van der Waals surface area contributed by atoms with Crippen LogP contribution in [-0.2, 0) is 20.9 Å². The Bertz CT molecular complexity index is 569. The Morgan fingerprint density at radius 2 is 1.78 bits per heavy atom. The van der Waals surface area contributed by atoms with Crippen LogP contribution in [-0.4, -0.2) is 31.0 Å². The van der Waals surface area contributed by atoms with Gasteiger partial charge in [0.1, 0.15) is 5.82 Å². The predicted molar refractivity (Wildman–Crippen MR) is 84.0 cm³/mol. The molecule has 1 fully saturated rings. The summed E-state index contributed by atoms with van der Waals surface area (Å²) in [6.07, 6.45) is 5.03. The third-order valence-electron chi connectivity index (χ3n) is 3.45. The molecule has 0 aromatic heterocycles. The molecule has 0 saturated heterocycles. The van der Waals surface area contributed by atoms with Crippen molar-refractivity contribution >= 4 is 10.3 Å². The highest BCUT2D eigenvalue weighted by Crippen LogP contribution is 2.24. The first-order valence-corrected chi connectivity index (χ1v) is 9.02. The maximum Gasteiger partial charge on any atom is 0.333 e. The van der Waals surface area contributed by atoms with Crippen LogP contribution in [0.5, 0.6) is 0 Å². The third kappa shape index (κ3) is 9.62. The normalized spacial score (nSPS) is 17.2. The van der Waals surface area contributed by atoms with Gasteiger partial charge in [0.05, 0.1) is 6.61 Å². The second-order valence-corrected chi connectivity index (χ2v) is 6.77. The first-order valence-electron chi connectivity index (χ1n) is 7.55. The van der Waals surface area contributed by atoms with Crippen LogP contribution in [0.25, 0.3) is 0 Å². The van der Waals surface area contributed by atoms with Crippen LogP contribution in [0.15, 0.2) is 24.3 Å². The lowest BCUT2D eigenvalue weighted by Gasteiger charge is -2.25. The fraction of sp³-hybridized carbons (Fsp3) is 0.600. The molecule has 2 rings (SSSR count). The number of benzene rings is 1. The first kappa shape index (κ1) is 20.0. The van der Waals surface area contributed by atoms with Gasteiger partial charge >= 0.3 is 10.3 Å². The van der Waals surface area contributed by atoms with E-state index < -0.39 is 16.1 Å². The molecular formula is C15H24FNO5S. The molecule has 1 saturated carbocycles. The molecule has 1 aliphatic rings. The minimum atomic E-state index is -3.88. The van der Waals surface area contributed by atoms with E-state index in [-0.39, 0.29) is 12.4 Å². The van der Waals surface area contributed by atoms with E-state index in [0.29, 0.717) is 31.2 Å². The zero-order chi connectivity index (χ0) is 17.3. The largest absolute Gasteiger partial charge is 0.366 e. The van der Waals surface area contributed by atoms with Crippen molar-refractivity contribution in [2.45, 2.75) is 50.7 Å². The van der Waals surface area contributed by atoms with E-state index >= 15 is 0 Å². The average Bonchev–Trinajstić information content (AvgIpc) is 2.45. The monoisotopic (exact) mass is 349 g/mol. The van der Waals surface area contributed by atoms with E-state index in [1.165, 1.54) is 6.07 Å². The van der Waals surface area contributed by atoms with Crippen molar-refractivity contribution in [2.24, 2.45) is 5.14 Å². The minimum absolute atomic E-state index is 0.0346. The van der Waals surface area contributed by atoms with Gasteiger partial charge in [-0.15, -0.1) is 0 Å². The quantitative estimate of drug-likeness (QED) is 0.552. The molecule has 23 heavy (non-hydrogen) atoms. The molecule has 0 heterocycles. The summed E-state index contributed by atoms with van der Waals surface area (Å²) in [6.45, 7) is -0.0346. The molecule has 0 bridgehead atoms. The molecule has 0 radical (unpaired) electrons. The van der Waals surface area contributed by atoms with Crippen molar-refractivity contribution in [1.29, 1.82) is 0 Å². The number of nitrogens with two attached hydrogens (primary N) is 1. The van der Waals surface area contributed by atoms with Crippen LogP contribution < -0.4 is 5.14 Å². The van der Waals surface area contributed by atoms with Gasteiger partial charge in [-0.3, -0.25) is 4.18 Å². The zero-order valence-electron chi connectivity index (χ0n) is 12.9. The van der Waals surface area contributed by atoms with Gasteiger partial charge in [-0.1, -0.05) is 24.6 Å². The number of hydrogen-bond donors (Lipinski definition) is 3. The number of aryl methyl sites for hydroxylation is 1. The molecule has 0 atom stereocenters. The third-order valence-corrected chi connectivity index (χ3v) is 3.95. The molecule has 0 spiro atoms. The average molecular weight is 349 g/mol. The summed E-state index contributed by atoms with van der Waals surface area (Å²) in [4.78, 5) is 0. The van der Waals surface area contributed by atoms with Gasteiger partial charge in [-0.05, 0) is 37.3 Å². The zero-order valence-corrected chi connectivity index (χ0v) is 13.8. The van der Waals surface area contributed by atoms with Gasteiger partial charge in [-0.25, -0.2) is 9.53 Å². The standard InChI is InChI=1S/C9H12FNO3S.C6H12O2/c10-9-6-2-1-4-8(9)5-3-7-14-15(11,12)13;7-6(8)4-2-1-3-5-6/h1-2,4,6H,3,5,7H2,(H2,11,12,13);7-8H,1-5H2. The smallest absolute Gasteiger partial charge is 0.333 e. The van der Waals surface area contributed by atoms with E-state index in [9.17, 15) is 12.8 Å². The lowest BCUT2D eigenvalue weighted by Crippen LogP contribution is -2.30. The summed E-state index contributed by atoms with van der Waals surface area (Å²) in [7, 11) is -3.88. The minimum Gasteiger partial charge on any atom is -0.366 e. The van der Waals surface area contributed by atoms with Gasteiger partial charge in [-0.2, -0.15) is 8.42 Å². The second kappa shape index (κ2) is 9.29. The van der Waals surface area contributed by atoms with Crippen molar-refractivity contribution in [3.05, 3.63) is 35.6 Å². The number of hydrogen-bond acceptors (Lipinski definition) is 5. The second-order valence-electron chi connectivity index (χ2n) is 5.55. The molecule has 0 aliphatic heterocycles. The Morgan fingerprint density at radius 3 is 2.26 bits per heavy atom. The highest BCUT2D eigenvalue weighted by molar-refractivity contribution is 7.84. The molecule has 4 N–H and O–H groups in total. The molecule has 0 unspecified atom stereocenters. The molecule has 132 valence electrons. The topological polar surface area (TPSA) is 110 Å². The molecule has 0 amide bonds. The summed E-state index contributed by atoms with van der Waals surface area (Å²) in [5, 5.41) is 22.5. The predicted octanol–water partition coefficient (Wildman–Crippen LogP) is 1.61. The summed E-state index contributed by atoms with van der Waals surface area (Å²) in [5.74, 6) is -1.62. The van der Waals surface area contributed by atoms with E-state index in [1.54, 1.807) is 18.2 Å². The molecule has 1 aromatic carbocycles. The van der Waals surface area contributed by atoms with Crippen LogP contribution in [0, 0.1) is 5.82 Å². The Balaban J connectivity index is 0.000000277. The van der Waals surface area contributed by atoms with Crippen LogP contribution >= 0.6 is 0 Å². The number of rotatable bonds is 5. The van der Waals surface area contributed by atoms with Crippen molar-refractivity contribution in [3.8, 4) is 0 Å². The lowest BCUT2D eigenvalue weighted by molar-refractivity contribution is -0.180. The maximum absolute atomic E-state index is 13.1. The van der Waals surface area contributed by atoms with Gasteiger partial charge in [0.2, 0.25) is 0 Å². The Hall–Kier alpha value is -1.06. The van der Waals surface area contributed by atoms with Crippen LogP contribution in [0.2, 0.25) is 0 Å². The summed E-state index contributed by atoms with van der Waals surface area (Å²) in [5.41, 5.74) is 0.538. The van der Waals surface area contributed by atoms with Crippen LogP contribution in [0.4, 0.5) is 4.39 Å². The van der Waals surface area contributed by atoms with E-state index in [4.69, 9.17) is 10.2 Å². The summed E-state index contributed by atoms with van der Waals surface area (Å²) >= 11 is 0. The van der Waals surface area contributed by atoms with Crippen LogP contribution in [0.1, 0.15) is 44.1 Å². The number of aliphatic hydroxyl groups is 2. The Kier molecular flexibility index (Phi) is 8.07. The van der Waals surface area contributed by atoms with Crippen molar-refractivity contribution in [1.82, 2.24) is 0 Å². The van der Waals surface area contributed by atoms with Crippen LogP contribution in [0.3, 0.4) is 0 Å². The SMILES string of the molecule is NS(=O)(=O)OCCCc1ccccc1F.OC1(O)CCCCC1. The van der Waals surface area contributed by atoms with Crippen molar-refractivity contribution in [3.63, 3.8) is 0 Å². The molecule has 1 aliphatic carbocycles.